The van der Waals surface area contributed by atoms with Crippen LogP contribution in [0, 0.1) is 0 Å². The molecular formula is C11H14N2S2. The summed E-state index contributed by atoms with van der Waals surface area (Å²) in [6, 6.07) is 2.23. The number of thiophene rings is 1. The summed E-state index contributed by atoms with van der Waals surface area (Å²) in [5.41, 5.74) is 0. The van der Waals surface area contributed by atoms with Gasteiger partial charge in [-0.2, -0.15) is 0 Å². The fourth-order valence-electron chi connectivity index (χ4n) is 1.37. The minimum Gasteiger partial charge on any atom is -0.229 e. The third-order valence-corrected chi connectivity index (χ3v) is 4.53. The van der Waals surface area contributed by atoms with E-state index in [-0.39, 0.29) is 0 Å². The molecule has 0 fully saturated rings. The van der Waals surface area contributed by atoms with Crippen LogP contribution in [0.2, 0.25) is 0 Å². The standard InChI is InChI=1S/C11H14N2S2/c1-3-5-14-10-9-6-8(4-2)15-11(9)13-7-12-10/h6-7H,3-5H2,1-2H3. The monoisotopic (exact) mass is 238 g/mol. The normalized spacial score (nSPS) is 11.1. The van der Waals surface area contributed by atoms with Gasteiger partial charge in [0.05, 0.1) is 0 Å². The predicted molar refractivity (Wildman–Crippen MR) is 67.8 cm³/mol. The van der Waals surface area contributed by atoms with Crippen LogP contribution in [0.15, 0.2) is 17.4 Å². The van der Waals surface area contributed by atoms with Gasteiger partial charge in [-0.05, 0) is 24.7 Å². The highest BCUT2D eigenvalue weighted by molar-refractivity contribution is 7.99. The molecule has 2 rings (SSSR count). The van der Waals surface area contributed by atoms with Crippen molar-refractivity contribution < 1.29 is 0 Å². The van der Waals surface area contributed by atoms with E-state index in [9.17, 15) is 0 Å². The minimum absolute atomic E-state index is 1.08. The maximum absolute atomic E-state index is 4.35. The largest absolute Gasteiger partial charge is 0.229 e. The van der Waals surface area contributed by atoms with E-state index in [2.05, 4.69) is 29.9 Å². The number of nitrogens with zero attached hydrogens (tertiary/aromatic N) is 2. The van der Waals surface area contributed by atoms with E-state index in [4.69, 9.17) is 0 Å². The minimum atomic E-state index is 1.08. The number of hydrogen-bond acceptors (Lipinski definition) is 4. The van der Waals surface area contributed by atoms with Crippen LogP contribution in [-0.2, 0) is 6.42 Å². The highest BCUT2D eigenvalue weighted by atomic mass is 32.2. The zero-order valence-electron chi connectivity index (χ0n) is 8.99. The Hall–Kier alpha value is -0.610. The van der Waals surface area contributed by atoms with E-state index in [1.165, 1.54) is 16.7 Å². The molecule has 0 N–H and O–H groups in total. The molecule has 0 aromatic carbocycles. The summed E-state index contributed by atoms with van der Waals surface area (Å²) < 4.78 is 0. The molecule has 2 heterocycles. The second-order valence-electron chi connectivity index (χ2n) is 3.31. The molecule has 0 radical (unpaired) electrons. The summed E-state index contributed by atoms with van der Waals surface area (Å²) in [7, 11) is 0. The molecule has 0 amide bonds. The summed E-state index contributed by atoms with van der Waals surface area (Å²) in [5.74, 6) is 1.13. The Morgan fingerprint density at radius 2 is 2.20 bits per heavy atom. The first-order valence-electron chi connectivity index (χ1n) is 5.21. The topological polar surface area (TPSA) is 25.8 Å². The van der Waals surface area contributed by atoms with Gasteiger partial charge in [0, 0.05) is 10.3 Å². The van der Waals surface area contributed by atoms with E-state index in [0.717, 1.165) is 22.0 Å². The van der Waals surface area contributed by atoms with E-state index in [0.29, 0.717) is 0 Å². The summed E-state index contributed by atoms with van der Waals surface area (Å²) in [6.45, 7) is 4.37. The van der Waals surface area contributed by atoms with Crippen LogP contribution in [0.25, 0.3) is 10.2 Å². The fourth-order valence-corrected chi connectivity index (χ4v) is 3.20. The molecule has 0 saturated heterocycles. The number of aryl methyl sites for hydroxylation is 1. The SMILES string of the molecule is CCCSc1ncnc2sc(CC)cc12. The second kappa shape index (κ2) is 4.94. The Morgan fingerprint density at radius 3 is 2.93 bits per heavy atom. The second-order valence-corrected chi connectivity index (χ2v) is 5.51. The molecular weight excluding hydrogens is 224 g/mol. The molecule has 4 heteroatoms. The zero-order chi connectivity index (χ0) is 10.7. The van der Waals surface area contributed by atoms with Gasteiger partial charge in [-0.25, -0.2) is 9.97 Å². The third-order valence-electron chi connectivity index (χ3n) is 2.14. The summed E-state index contributed by atoms with van der Waals surface area (Å²) in [6.07, 6.45) is 3.94. The molecule has 0 unspecified atom stereocenters. The van der Waals surface area contributed by atoms with Crippen LogP contribution in [0.3, 0.4) is 0 Å². The molecule has 0 atom stereocenters. The zero-order valence-corrected chi connectivity index (χ0v) is 10.6. The Bertz CT molecular complexity index is 451. The lowest BCUT2D eigenvalue weighted by molar-refractivity contribution is 1.08. The van der Waals surface area contributed by atoms with Crippen molar-refractivity contribution >= 4 is 33.3 Å². The first-order chi connectivity index (χ1) is 7.35. The van der Waals surface area contributed by atoms with E-state index in [1.54, 1.807) is 17.7 Å². The van der Waals surface area contributed by atoms with Gasteiger partial charge in [-0.1, -0.05) is 13.8 Å². The van der Waals surface area contributed by atoms with Crippen LogP contribution in [0.1, 0.15) is 25.1 Å². The Morgan fingerprint density at radius 1 is 1.33 bits per heavy atom. The highest BCUT2D eigenvalue weighted by Gasteiger charge is 2.07. The van der Waals surface area contributed by atoms with Crippen LogP contribution >= 0.6 is 23.1 Å². The molecule has 0 aliphatic rings. The molecule has 0 spiro atoms. The highest BCUT2D eigenvalue weighted by Crippen LogP contribution is 2.30. The first-order valence-corrected chi connectivity index (χ1v) is 7.01. The number of rotatable bonds is 4. The molecule has 0 saturated carbocycles. The number of aromatic nitrogens is 2. The summed E-state index contributed by atoms with van der Waals surface area (Å²) in [5, 5.41) is 2.37. The van der Waals surface area contributed by atoms with Gasteiger partial charge < -0.3 is 0 Å². The predicted octanol–water partition coefficient (Wildman–Crippen LogP) is 3.76. The van der Waals surface area contributed by atoms with Gasteiger partial charge in [0.1, 0.15) is 16.2 Å². The van der Waals surface area contributed by atoms with Crippen molar-refractivity contribution in [3.05, 3.63) is 17.3 Å². The Kier molecular flexibility index (Phi) is 3.59. The number of thioether (sulfide) groups is 1. The van der Waals surface area contributed by atoms with Crippen LogP contribution in [0.5, 0.6) is 0 Å². The van der Waals surface area contributed by atoms with Gasteiger partial charge in [0.15, 0.2) is 0 Å². The average molecular weight is 238 g/mol. The molecule has 0 aliphatic heterocycles. The van der Waals surface area contributed by atoms with Gasteiger partial charge in [0.2, 0.25) is 0 Å². The molecule has 0 aliphatic carbocycles. The van der Waals surface area contributed by atoms with Crippen molar-refractivity contribution in [1.82, 2.24) is 9.97 Å². The smallest absolute Gasteiger partial charge is 0.128 e. The first kappa shape index (κ1) is 10.9. The fraction of sp³-hybridized carbons (Fsp3) is 0.455. The van der Waals surface area contributed by atoms with Crippen molar-refractivity contribution in [2.75, 3.05) is 5.75 Å². The molecule has 15 heavy (non-hydrogen) atoms. The Balaban J connectivity index is 2.40. The van der Waals surface area contributed by atoms with E-state index >= 15 is 0 Å². The van der Waals surface area contributed by atoms with Gasteiger partial charge in [-0.3, -0.25) is 0 Å². The van der Waals surface area contributed by atoms with Crippen LogP contribution in [0.4, 0.5) is 0 Å². The van der Waals surface area contributed by atoms with Gasteiger partial charge in [0.25, 0.3) is 0 Å². The molecule has 2 aromatic rings. The average Bonchev–Trinajstić information content (AvgIpc) is 2.69. The lowest BCUT2D eigenvalue weighted by Gasteiger charge is -1.98. The number of fused-ring (bicyclic) bond motifs is 1. The van der Waals surface area contributed by atoms with Gasteiger partial charge >= 0.3 is 0 Å². The maximum Gasteiger partial charge on any atom is 0.128 e. The molecule has 2 nitrogen and oxygen atoms in total. The maximum atomic E-state index is 4.35. The molecule has 0 bridgehead atoms. The van der Waals surface area contributed by atoms with Crippen molar-refractivity contribution in [2.45, 2.75) is 31.7 Å². The third kappa shape index (κ3) is 2.32. The van der Waals surface area contributed by atoms with Crippen LogP contribution < -0.4 is 0 Å². The quantitative estimate of drug-likeness (QED) is 0.599. The summed E-state index contributed by atoms with van der Waals surface area (Å²) >= 11 is 3.61. The lowest BCUT2D eigenvalue weighted by Crippen LogP contribution is -1.84. The van der Waals surface area contributed by atoms with Gasteiger partial charge in [-0.15, -0.1) is 23.1 Å². The van der Waals surface area contributed by atoms with Crippen molar-refractivity contribution in [3.63, 3.8) is 0 Å². The number of hydrogen-bond donors (Lipinski definition) is 0. The van der Waals surface area contributed by atoms with Crippen molar-refractivity contribution in [3.8, 4) is 0 Å². The van der Waals surface area contributed by atoms with Crippen molar-refractivity contribution in [1.29, 1.82) is 0 Å². The van der Waals surface area contributed by atoms with Crippen LogP contribution in [-0.4, -0.2) is 15.7 Å². The Labute approximate surface area is 98.1 Å². The summed E-state index contributed by atoms with van der Waals surface area (Å²) in [4.78, 5) is 11.2. The molecule has 2 aromatic heterocycles. The molecule has 80 valence electrons. The van der Waals surface area contributed by atoms with E-state index in [1.807, 2.05) is 11.8 Å². The van der Waals surface area contributed by atoms with E-state index < -0.39 is 0 Å². The van der Waals surface area contributed by atoms with Crippen molar-refractivity contribution in [2.24, 2.45) is 0 Å². The lowest BCUT2D eigenvalue weighted by atomic mass is 10.3.